The summed E-state index contributed by atoms with van der Waals surface area (Å²) in [4.78, 5) is 12.2. The molecule has 0 radical (unpaired) electrons. The Morgan fingerprint density at radius 3 is 2.88 bits per heavy atom. The molecule has 1 amide bonds. The highest BCUT2D eigenvalue weighted by atomic mass is 35.5. The number of hydrogen-bond donors (Lipinski definition) is 1. The zero-order valence-electron chi connectivity index (χ0n) is 8.89. The molecule has 1 aromatic rings. The maximum atomic E-state index is 11.6. The van der Waals surface area contributed by atoms with E-state index in [9.17, 15) is 4.79 Å². The van der Waals surface area contributed by atoms with E-state index >= 15 is 0 Å². The molecule has 0 aliphatic rings. The maximum absolute atomic E-state index is 11.6. The smallest absolute Gasteiger partial charge is 0.262 e. The highest BCUT2D eigenvalue weighted by Crippen LogP contribution is 2.26. The van der Waals surface area contributed by atoms with E-state index in [1.165, 1.54) is 11.3 Å². The Bertz CT molecular complexity index is 355. The molecule has 90 valence electrons. The van der Waals surface area contributed by atoms with Gasteiger partial charge in [-0.15, -0.1) is 22.9 Å². The Morgan fingerprint density at radius 2 is 2.31 bits per heavy atom. The standard InChI is InChI=1S/C10H13Cl2NO2S/c1-7-6-16-9(8(7)12)10(14)13-3-5-15-4-2-11/h6H,2-5H2,1H3,(H,13,14). The Hall–Kier alpha value is -0.290. The van der Waals surface area contributed by atoms with Gasteiger partial charge in [-0.3, -0.25) is 4.79 Å². The predicted octanol–water partition coefficient (Wildman–Crippen LogP) is 2.70. The van der Waals surface area contributed by atoms with Crippen LogP contribution in [0, 0.1) is 6.92 Å². The van der Waals surface area contributed by atoms with E-state index < -0.39 is 0 Å². The highest BCUT2D eigenvalue weighted by molar-refractivity contribution is 7.13. The molecule has 0 fully saturated rings. The predicted molar refractivity (Wildman–Crippen MR) is 67.9 cm³/mol. The molecule has 0 aliphatic carbocycles. The largest absolute Gasteiger partial charge is 0.378 e. The molecule has 0 saturated carbocycles. The van der Waals surface area contributed by atoms with Gasteiger partial charge in [-0.2, -0.15) is 0 Å². The maximum Gasteiger partial charge on any atom is 0.262 e. The minimum absolute atomic E-state index is 0.155. The summed E-state index contributed by atoms with van der Waals surface area (Å²) in [7, 11) is 0. The van der Waals surface area contributed by atoms with E-state index in [0.29, 0.717) is 35.5 Å². The first kappa shape index (κ1) is 13.8. The van der Waals surface area contributed by atoms with E-state index in [0.717, 1.165) is 5.56 Å². The molecule has 0 atom stereocenters. The van der Waals surface area contributed by atoms with Crippen LogP contribution >= 0.6 is 34.5 Å². The second-order valence-corrected chi connectivity index (χ2v) is 4.75. The van der Waals surface area contributed by atoms with Crippen LogP contribution in [0.5, 0.6) is 0 Å². The number of rotatable bonds is 6. The fraction of sp³-hybridized carbons (Fsp3) is 0.500. The van der Waals surface area contributed by atoms with Gasteiger partial charge in [0.2, 0.25) is 0 Å². The van der Waals surface area contributed by atoms with E-state index in [1.807, 2.05) is 12.3 Å². The van der Waals surface area contributed by atoms with Crippen molar-refractivity contribution in [1.82, 2.24) is 5.32 Å². The lowest BCUT2D eigenvalue weighted by molar-refractivity contribution is 0.0927. The molecule has 0 spiro atoms. The molecule has 16 heavy (non-hydrogen) atoms. The lowest BCUT2D eigenvalue weighted by Crippen LogP contribution is -2.27. The highest BCUT2D eigenvalue weighted by Gasteiger charge is 2.13. The minimum atomic E-state index is -0.155. The first-order valence-corrected chi connectivity index (χ1v) is 6.61. The molecule has 0 aliphatic heterocycles. The summed E-state index contributed by atoms with van der Waals surface area (Å²) < 4.78 is 5.13. The third-order valence-electron chi connectivity index (χ3n) is 1.86. The monoisotopic (exact) mass is 281 g/mol. The van der Waals surface area contributed by atoms with Gasteiger partial charge in [0, 0.05) is 12.4 Å². The molecule has 0 saturated heterocycles. The van der Waals surface area contributed by atoms with Crippen LogP contribution in [-0.2, 0) is 4.74 Å². The fourth-order valence-electron chi connectivity index (χ4n) is 1.06. The summed E-state index contributed by atoms with van der Waals surface area (Å²) in [5.74, 6) is 0.307. The lowest BCUT2D eigenvalue weighted by atomic mass is 10.3. The van der Waals surface area contributed by atoms with Crippen LogP contribution in [0.1, 0.15) is 15.2 Å². The molecule has 6 heteroatoms. The van der Waals surface area contributed by atoms with Crippen molar-refractivity contribution in [2.24, 2.45) is 0 Å². The molecule has 1 heterocycles. The Labute approximate surface area is 109 Å². The van der Waals surface area contributed by atoms with E-state index in [2.05, 4.69) is 5.32 Å². The molecule has 3 nitrogen and oxygen atoms in total. The van der Waals surface area contributed by atoms with Gasteiger partial charge in [0.25, 0.3) is 5.91 Å². The fourth-order valence-corrected chi connectivity index (χ4v) is 2.36. The van der Waals surface area contributed by atoms with Crippen molar-refractivity contribution in [2.45, 2.75) is 6.92 Å². The van der Waals surface area contributed by atoms with Crippen LogP contribution in [0.15, 0.2) is 5.38 Å². The number of carbonyl (C=O) groups excluding carboxylic acids is 1. The minimum Gasteiger partial charge on any atom is -0.378 e. The number of carbonyl (C=O) groups is 1. The topological polar surface area (TPSA) is 38.3 Å². The van der Waals surface area contributed by atoms with Crippen LogP contribution < -0.4 is 5.32 Å². The quantitative estimate of drug-likeness (QED) is 0.643. The van der Waals surface area contributed by atoms with Crippen LogP contribution in [-0.4, -0.2) is 31.5 Å². The summed E-state index contributed by atoms with van der Waals surface area (Å²) in [6, 6.07) is 0. The average Bonchev–Trinajstić information content (AvgIpc) is 2.59. The normalized spacial score (nSPS) is 10.4. The summed E-state index contributed by atoms with van der Waals surface area (Å²) in [5.41, 5.74) is 0.926. The third kappa shape index (κ3) is 3.94. The van der Waals surface area contributed by atoms with Gasteiger partial charge in [0.05, 0.1) is 18.2 Å². The second-order valence-electron chi connectivity index (χ2n) is 3.12. The second kappa shape index (κ2) is 7.12. The number of aryl methyl sites for hydroxylation is 1. The summed E-state index contributed by atoms with van der Waals surface area (Å²) in [6.07, 6.45) is 0. The lowest BCUT2D eigenvalue weighted by Gasteiger charge is -2.04. The first-order chi connectivity index (χ1) is 7.66. The van der Waals surface area contributed by atoms with E-state index in [-0.39, 0.29) is 5.91 Å². The Kier molecular flexibility index (Phi) is 6.13. The number of ether oxygens (including phenoxy) is 1. The third-order valence-corrected chi connectivity index (χ3v) is 3.71. The van der Waals surface area contributed by atoms with E-state index in [1.54, 1.807) is 0 Å². The summed E-state index contributed by atoms with van der Waals surface area (Å²) >= 11 is 12.7. The van der Waals surface area contributed by atoms with Crippen LogP contribution in [0.3, 0.4) is 0 Å². The molecule has 1 rings (SSSR count). The summed E-state index contributed by atoms with van der Waals surface area (Å²) in [6.45, 7) is 3.29. The molecule has 1 aromatic heterocycles. The summed E-state index contributed by atoms with van der Waals surface area (Å²) in [5, 5.41) is 5.12. The molecule has 0 aromatic carbocycles. The van der Waals surface area contributed by atoms with Crippen molar-refractivity contribution >= 4 is 40.4 Å². The van der Waals surface area contributed by atoms with Crippen molar-refractivity contribution in [3.05, 3.63) is 20.8 Å². The number of halogens is 2. The van der Waals surface area contributed by atoms with Crippen molar-refractivity contribution in [3.63, 3.8) is 0 Å². The Morgan fingerprint density at radius 1 is 1.56 bits per heavy atom. The van der Waals surface area contributed by atoms with Gasteiger partial charge in [0.1, 0.15) is 4.88 Å². The van der Waals surface area contributed by atoms with E-state index in [4.69, 9.17) is 27.9 Å². The SMILES string of the molecule is Cc1csc(C(=O)NCCOCCCl)c1Cl. The van der Waals surface area contributed by atoms with Gasteiger partial charge in [-0.1, -0.05) is 11.6 Å². The van der Waals surface area contributed by atoms with Gasteiger partial charge in [-0.05, 0) is 17.9 Å². The number of alkyl halides is 1. The van der Waals surface area contributed by atoms with Gasteiger partial charge in [-0.25, -0.2) is 0 Å². The van der Waals surface area contributed by atoms with Gasteiger partial charge < -0.3 is 10.1 Å². The van der Waals surface area contributed by atoms with Crippen molar-refractivity contribution in [1.29, 1.82) is 0 Å². The first-order valence-electron chi connectivity index (χ1n) is 4.82. The number of thiophene rings is 1. The number of nitrogens with one attached hydrogen (secondary N) is 1. The molecule has 0 unspecified atom stereocenters. The molecule has 1 N–H and O–H groups in total. The van der Waals surface area contributed by atoms with Crippen LogP contribution in [0.4, 0.5) is 0 Å². The zero-order chi connectivity index (χ0) is 12.0. The van der Waals surface area contributed by atoms with Crippen molar-refractivity contribution in [3.8, 4) is 0 Å². The molecule has 0 bridgehead atoms. The molecular weight excluding hydrogens is 269 g/mol. The van der Waals surface area contributed by atoms with Gasteiger partial charge in [0.15, 0.2) is 0 Å². The van der Waals surface area contributed by atoms with Crippen LogP contribution in [0.25, 0.3) is 0 Å². The Balaban J connectivity index is 2.33. The number of amides is 1. The zero-order valence-corrected chi connectivity index (χ0v) is 11.2. The number of hydrogen-bond acceptors (Lipinski definition) is 3. The van der Waals surface area contributed by atoms with Crippen LogP contribution in [0.2, 0.25) is 5.02 Å². The van der Waals surface area contributed by atoms with Gasteiger partial charge >= 0.3 is 0 Å². The van der Waals surface area contributed by atoms with Crippen molar-refractivity contribution in [2.75, 3.05) is 25.6 Å². The average molecular weight is 282 g/mol. The molecular formula is C10H13Cl2NO2S. The van der Waals surface area contributed by atoms with Crippen molar-refractivity contribution < 1.29 is 9.53 Å².